The highest BCUT2D eigenvalue weighted by molar-refractivity contribution is 5.78. The van der Waals surface area contributed by atoms with E-state index in [1.54, 1.807) is 6.20 Å². The van der Waals surface area contributed by atoms with Crippen molar-refractivity contribution in [3.05, 3.63) is 18.0 Å². The van der Waals surface area contributed by atoms with Gasteiger partial charge >= 0.3 is 0 Å². The van der Waals surface area contributed by atoms with Gasteiger partial charge in [0.25, 0.3) is 0 Å². The van der Waals surface area contributed by atoms with Gasteiger partial charge in [-0.3, -0.25) is 9.48 Å². The number of hydrogen-bond acceptors (Lipinski definition) is 2. The van der Waals surface area contributed by atoms with Crippen molar-refractivity contribution in [3.63, 3.8) is 0 Å². The molecule has 0 unspecified atom stereocenters. The first-order valence-corrected chi connectivity index (χ1v) is 5.72. The first-order chi connectivity index (χ1) is 7.24. The molecule has 3 nitrogen and oxygen atoms in total. The van der Waals surface area contributed by atoms with E-state index in [0.717, 1.165) is 31.4 Å². The molecule has 1 heterocycles. The standard InChI is InChI=1S/C12H20N2O/c1-3-4-5-6-12(15)8-7-11-9-10-13-14(11)2/h9-10H,3-8H2,1-2H3. The van der Waals surface area contributed by atoms with E-state index in [9.17, 15) is 4.79 Å². The maximum atomic E-state index is 11.5. The van der Waals surface area contributed by atoms with Crippen LogP contribution in [-0.2, 0) is 18.3 Å². The average molecular weight is 208 g/mol. The van der Waals surface area contributed by atoms with Crippen molar-refractivity contribution < 1.29 is 4.79 Å². The summed E-state index contributed by atoms with van der Waals surface area (Å²) in [5.41, 5.74) is 1.14. The summed E-state index contributed by atoms with van der Waals surface area (Å²) < 4.78 is 1.83. The maximum absolute atomic E-state index is 11.5. The van der Waals surface area contributed by atoms with Gasteiger partial charge in [-0.2, -0.15) is 5.10 Å². The molecule has 0 aliphatic carbocycles. The number of aromatic nitrogens is 2. The Morgan fingerprint density at radius 2 is 2.20 bits per heavy atom. The van der Waals surface area contributed by atoms with Gasteiger partial charge in [-0.25, -0.2) is 0 Å². The third kappa shape index (κ3) is 4.28. The smallest absolute Gasteiger partial charge is 0.133 e. The fraction of sp³-hybridized carbons (Fsp3) is 0.667. The molecule has 0 radical (unpaired) electrons. The Hall–Kier alpha value is -1.12. The molecule has 3 heteroatoms. The van der Waals surface area contributed by atoms with Crippen LogP contribution in [0.25, 0.3) is 0 Å². The summed E-state index contributed by atoms with van der Waals surface area (Å²) in [5, 5.41) is 4.08. The predicted octanol–water partition coefficient (Wildman–Crippen LogP) is 2.50. The number of aryl methyl sites for hydroxylation is 2. The van der Waals surface area contributed by atoms with Crippen molar-refractivity contribution in [2.75, 3.05) is 0 Å². The van der Waals surface area contributed by atoms with E-state index in [4.69, 9.17) is 0 Å². The second-order valence-corrected chi connectivity index (χ2v) is 3.94. The van der Waals surface area contributed by atoms with Crippen LogP contribution in [0.5, 0.6) is 0 Å². The molecule has 0 bridgehead atoms. The lowest BCUT2D eigenvalue weighted by atomic mass is 10.1. The van der Waals surface area contributed by atoms with Crippen molar-refractivity contribution >= 4 is 5.78 Å². The maximum Gasteiger partial charge on any atom is 0.133 e. The lowest BCUT2D eigenvalue weighted by Crippen LogP contribution is -2.04. The minimum absolute atomic E-state index is 0.379. The van der Waals surface area contributed by atoms with Crippen molar-refractivity contribution in [1.82, 2.24) is 9.78 Å². The molecule has 0 saturated heterocycles. The number of Topliss-reactive ketones (excluding diaryl/α,β-unsaturated/α-hetero) is 1. The van der Waals surface area contributed by atoms with Crippen molar-refractivity contribution in [3.8, 4) is 0 Å². The Labute approximate surface area is 91.5 Å². The Balaban J connectivity index is 2.20. The van der Waals surface area contributed by atoms with Crippen LogP contribution < -0.4 is 0 Å². The molecule has 1 aromatic rings. The second-order valence-electron chi connectivity index (χ2n) is 3.94. The first kappa shape index (κ1) is 12.0. The zero-order valence-corrected chi connectivity index (χ0v) is 9.70. The van der Waals surface area contributed by atoms with Gasteiger partial charge in [0.15, 0.2) is 0 Å². The monoisotopic (exact) mass is 208 g/mol. The van der Waals surface area contributed by atoms with Gasteiger partial charge in [0.2, 0.25) is 0 Å². The van der Waals surface area contributed by atoms with E-state index in [1.807, 2.05) is 17.8 Å². The van der Waals surface area contributed by atoms with Crippen molar-refractivity contribution in [2.45, 2.75) is 45.4 Å². The molecule has 0 N–H and O–H groups in total. The molecule has 15 heavy (non-hydrogen) atoms. The molecule has 0 spiro atoms. The highest BCUT2D eigenvalue weighted by Gasteiger charge is 2.04. The summed E-state index contributed by atoms with van der Waals surface area (Å²) in [6, 6.07) is 1.97. The van der Waals surface area contributed by atoms with Crippen molar-refractivity contribution in [2.24, 2.45) is 7.05 Å². The van der Waals surface area contributed by atoms with E-state index in [0.29, 0.717) is 12.2 Å². The van der Waals surface area contributed by atoms with Gasteiger partial charge in [0, 0.05) is 31.8 Å². The van der Waals surface area contributed by atoms with Crippen LogP contribution >= 0.6 is 0 Å². The third-order valence-electron chi connectivity index (χ3n) is 2.64. The van der Waals surface area contributed by atoms with Crippen LogP contribution in [-0.4, -0.2) is 15.6 Å². The van der Waals surface area contributed by atoms with Crippen LogP contribution in [0.15, 0.2) is 12.3 Å². The fourth-order valence-electron chi connectivity index (χ4n) is 1.61. The lowest BCUT2D eigenvalue weighted by Gasteiger charge is -2.01. The Morgan fingerprint density at radius 1 is 1.40 bits per heavy atom. The van der Waals surface area contributed by atoms with Crippen LogP contribution in [0.3, 0.4) is 0 Å². The molecule has 0 aromatic carbocycles. The third-order valence-corrected chi connectivity index (χ3v) is 2.64. The van der Waals surface area contributed by atoms with Gasteiger partial charge in [-0.1, -0.05) is 19.8 Å². The zero-order chi connectivity index (χ0) is 11.1. The molecule has 84 valence electrons. The van der Waals surface area contributed by atoms with Gasteiger partial charge in [-0.05, 0) is 18.9 Å². The molecule has 1 aromatic heterocycles. The number of nitrogens with zero attached hydrogens (tertiary/aromatic N) is 2. The topological polar surface area (TPSA) is 34.9 Å². The number of hydrogen-bond donors (Lipinski definition) is 0. The molecular weight excluding hydrogens is 188 g/mol. The van der Waals surface area contributed by atoms with Crippen LogP contribution in [0.1, 0.15) is 44.7 Å². The van der Waals surface area contributed by atoms with E-state index in [1.165, 1.54) is 6.42 Å². The Morgan fingerprint density at radius 3 is 2.80 bits per heavy atom. The molecular formula is C12H20N2O. The van der Waals surface area contributed by atoms with Crippen LogP contribution in [0.2, 0.25) is 0 Å². The number of ketones is 1. The summed E-state index contributed by atoms with van der Waals surface area (Å²) in [4.78, 5) is 11.5. The van der Waals surface area contributed by atoms with Crippen LogP contribution in [0, 0.1) is 0 Å². The van der Waals surface area contributed by atoms with Crippen molar-refractivity contribution in [1.29, 1.82) is 0 Å². The van der Waals surface area contributed by atoms with E-state index >= 15 is 0 Å². The van der Waals surface area contributed by atoms with Gasteiger partial charge in [-0.15, -0.1) is 0 Å². The highest BCUT2D eigenvalue weighted by atomic mass is 16.1. The molecule has 0 aliphatic rings. The lowest BCUT2D eigenvalue weighted by molar-refractivity contribution is -0.119. The number of carbonyl (C=O) groups is 1. The van der Waals surface area contributed by atoms with Crippen LogP contribution in [0.4, 0.5) is 0 Å². The quantitative estimate of drug-likeness (QED) is 0.645. The summed E-state index contributed by atoms with van der Waals surface area (Å²) >= 11 is 0. The summed E-state index contributed by atoms with van der Waals surface area (Å²) in [6.07, 6.45) is 7.38. The largest absolute Gasteiger partial charge is 0.300 e. The highest BCUT2D eigenvalue weighted by Crippen LogP contribution is 2.06. The number of unbranched alkanes of at least 4 members (excludes halogenated alkanes) is 2. The van der Waals surface area contributed by atoms with E-state index in [2.05, 4.69) is 12.0 Å². The molecule has 0 aliphatic heterocycles. The minimum atomic E-state index is 0.379. The number of carbonyl (C=O) groups excluding carboxylic acids is 1. The van der Waals surface area contributed by atoms with Gasteiger partial charge in [0.05, 0.1) is 0 Å². The average Bonchev–Trinajstić information content (AvgIpc) is 2.61. The molecule has 0 fully saturated rings. The Kier molecular flexibility index (Phi) is 5.08. The molecule has 0 saturated carbocycles. The summed E-state index contributed by atoms with van der Waals surface area (Å²) in [6.45, 7) is 2.15. The number of rotatable bonds is 7. The summed E-state index contributed by atoms with van der Waals surface area (Å²) in [5.74, 6) is 0.379. The van der Waals surface area contributed by atoms with Gasteiger partial charge in [0.1, 0.15) is 5.78 Å². The zero-order valence-electron chi connectivity index (χ0n) is 9.70. The molecule has 1 rings (SSSR count). The van der Waals surface area contributed by atoms with Gasteiger partial charge < -0.3 is 0 Å². The molecule has 0 amide bonds. The predicted molar refractivity (Wildman–Crippen MR) is 60.7 cm³/mol. The minimum Gasteiger partial charge on any atom is -0.300 e. The SMILES string of the molecule is CCCCCC(=O)CCc1ccnn1C. The normalized spacial score (nSPS) is 10.5. The second kappa shape index (κ2) is 6.38. The van der Waals surface area contributed by atoms with E-state index in [-0.39, 0.29) is 0 Å². The molecule has 0 atom stereocenters. The first-order valence-electron chi connectivity index (χ1n) is 5.72. The Bertz CT molecular complexity index is 304. The van der Waals surface area contributed by atoms with E-state index < -0.39 is 0 Å². The fourth-order valence-corrected chi connectivity index (χ4v) is 1.61. The summed E-state index contributed by atoms with van der Waals surface area (Å²) in [7, 11) is 1.91.